The van der Waals surface area contributed by atoms with Crippen molar-refractivity contribution in [2.24, 2.45) is 5.73 Å². The molecule has 0 saturated carbocycles. The van der Waals surface area contributed by atoms with E-state index in [0.717, 1.165) is 0 Å². The normalized spacial score (nSPS) is 13.1. The molecular weight excluding hydrogens is 500 g/mol. The van der Waals surface area contributed by atoms with Gasteiger partial charge in [0.25, 0.3) is 0 Å². The van der Waals surface area contributed by atoms with Gasteiger partial charge in [0.15, 0.2) is 0 Å². The highest BCUT2D eigenvalue weighted by Gasteiger charge is 2.26. The van der Waals surface area contributed by atoms with E-state index in [1.165, 1.54) is 36.0 Å². The molecule has 3 unspecified atom stereocenters. The lowest BCUT2D eigenvalue weighted by Crippen LogP contribution is -2.54. The molecule has 37 heavy (non-hydrogen) atoms. The SMILES string of the molecule is CSCCC(N)C(=O)NC(Cc1ccc(O)cc1)C(=O)NCC(=O)NC(Cc1ccc(O)cc1)C(=O)O. The smallest absolute Gasteiger partial charge is 0.326 e. The van der Waals surface area contributed by atoms with E-state index in [1.54, 1.807) is 24.3 Å². The van der Waals surface area contributed by atoms with Crippen LogP contribution in [0.1, 0.15) is 17.5 Å². The first-order valence-electron chi connectivity index (χ1n) is 11.5. The summed E-state index contributed by atoms with van der Waals surface area (Å²) in [6, 6.07) is 8.87. The number of amides is 3. The second-order valence-electron chi connectivity index (χ2n) is 8.37. The molecule has 2 aromatic rings. The number of aliphatic carboxylic acids is 1. The van der Waals surface area contributed by atoms with Crippen LogP contribution in [0.2, 0.25) is 0 Å². The second kappa shape index (κ2) is 14.7. The van der Waals surface area contributed by atoms with Crippen LogP contribution in [0.5, 0.6) is 11.5 Å². The van der Waals surface area contributed by atoms with Crippen LogP contribution >= 0.6 is 11.8 Å². The summed E-state index contributed by atoms with van der Waals surface area (Å²) in [6.45, 7) is -0.515. The maximum atomic E-state index is 12.9. The number of hydrogen-bond donors (Lipinski definition) is 7. The molecule has 0 aliphatic carbocycles. The number of nitrogens with one attached hydrogen (secondary N) is 3. The first-order valence-corrected chi connectivity index (χ1v) is 12.9. The van der Waals surface area contributed by atoms with Gasteiger partial charge in [-0.1, -0.05) is 24.3 Å². The van der Waals surface area contributed by atoms with Crippen molar-refractivity contribution in [2.45, 2.75) is 37.4 Å². The average molecular weight is 533 g/mol. The lowest BCUT2D eigenvalue weighted by Gasteiger charge is -2.21. The van der Waals surface area contributed by atoms with Gasteiger partial charge in [-0.2, -0.15) is 11.8 Å². The van der Waals surface area contributed by atoms with Gasteiger partial charge in [0, 0.05) is 12.8 Å². The summed E-state index contributed by atoms with van der Waals surface area (Å²) in [4.78, 5) is 49.4. The Bertz CT molecular complexity index is 1060. The highest BCUT2D eigenvalue weighted by atomic mass is 32.2. The molecule has 8 N–H and O–H groups in total. The number of carboxylic acids is 1. The van der Waals surface area contributed by atoms with Crippen molar-refractivity contribution in [1.29, 1.82) is 0 Å². The van der Waals surface area contributed by atoms with Crippen molar-refractivity contribution in [1.82, 2.24) is 16.0 Å². The third-order valence-electron chi connectivity index (χ3n) is 5.41. The second-order valence-corrected chi connectivity index (χ2v) is 9.35. The minimum absolute atomic E-state index is 0.0250. The standard InChI is InChI=1S/C25H32N4O7S/c1-37-11-10-19(26)23(33)29-20(12-15-2-6-17(30)7-3-15)24(34)27-14-22(32)28-21(25(35)36)13-16-4-8-18(31)9-5-16/h2-9,19-21,30-31H,10-14,26H2,1H3,(H,27,34)(H,28,32)(H,29,33)(H,35,36). The molecule has 0 heterocycles. The van der Waals surface area contributed by atoms with E-state index in [9.17, 15) is 34.5 Å². The summed E-state index contributed by atoms with van der Waals surface area (Å²) >= 11 is 1.54. The summed E-state index contributed by atoms with van der Waals surface area (Å²) in [5, 5.41) is 35.7. The molecule has 3 amide bonds. The number of benzene rings is 2. The third kappa shape index (κ3) is 10.4. The number of rotatable bonds is 14. The van der Waals surface area contributed by atoms with Crippen molar-refractivity contribution in [3.05, 3.63) is 59.7 Å². The van der Waals surface area contributed by atoms with E-state index < -0.39 is 48.4 Å². The van der Waals surface area contributed by atoms with Crippen molar-refractivity contribution in [3.63, 3.8) is 0 Å². The van der Waals surface area contributed by atoms with Crippen LogP contribution in [0, 0.1) is 0 Å². The van der Waals surface area contributed by atoms with E-state index in [0.29, 0.717) is 23.3 Å². The lowest BCUT2D eigenvalue weighted by molar-refractivity contribution is -0.141. The number of phenols is 2. The van der Waals surface area contributed by atoms with Crippen molar-refractivity contribution >= 4 is 35.5 Å². The van der Waals surface area contributed by atoms with Gasteiger partial charge >= 0.3 is 5.97 Å². The number of thioether (sulfide) groups is 1. The molecule has 0 saturated heterocycles. The van der Waals surface area contributed by atoms with Crippen LogP contribution in [0.3, 0.4) is 0 Å². The van der Waals surface area contributed by atoms with E-state index in [4.69, 9.17) is 5.73 Å². The number of hydrogen-bond acceptors (Lipinski definition) is 8. The fourth-order valence-corrected chi connectivity index (χ4v) is 3.83. The zero-order chi connectivity index (χ0) is 27.4. The summed E-state index contributed by atoms with van der Waals surface area (Å²) in [6.07, 6.45) is 2.35. The summed E-state index contributed by atoms with van der Waals surface area (Å²) < 4.78 is 0. The minimum atomic E-state index is -1.26. The van der Waals surface area contributed by atoms with Crippen molar-refractivity contribution in [2.75, 3.05) is 18.6 Å². The number of nitrogens with two attached hydrogens (primary N) is 1. The van der Waals surface area contributed by atoms with Crippen LogP contribution in [0.25, 0.3) is 0 Å². The Hall–Kier alpha value is -3.77. The van der Waals surface area contributed by atoms with Gasteiger partial charge in [-0.25, -0.2) is 4.79 Å². The minimum Gasteiger partial charge on any atom is -0.508 e. The predicted molar refractivity (Wildman–Crippen MR) is 139 cm³/mol. The van der Waals surface area contributed by atoms with Gasteiger partial charge < -0.3 is 37.0 Å². The quantitative estimate of drug-likeness (QED) is 0.177. The Kier molecular flexibility index (Phi) is 11.7. The van der Waals surface area contributed by atoms with Crippen molar-refractivity contribution in [3.8, 4) is 11.5 Å². The number of carbonyl (C=O) groups excluding carboxylic acids is 3. The zero-order valence-electron chi connectivity index (χ0n) is 20.3. The van der Waals surface area contributed by atoms with Gasteiger partial charge in [0.1, 0.15) is 23.6 Å². The molecule has 3 atom stereocenters. The summed E-state index contributed by atoms with van der Waals surface area (Å²) in [5.41, 5.74) is 7.16. The van der Waals surface area contributed by atoms with Crippen molar-refractivity contribution < 1.29 is 34.5 Å². The Balaban J connectivity index is 2.01. The monoisotopic (exact) mass is 532 g/mol. The summed E-state index contributed by atoms with van der Waals surface area (Å²) in [7, 11) is 0. The molecule has 0 bridgehead atoms. The Morgan fingerprint density at radius 1 is 0.838 bits per heavy atom. The fourth-order valence-electron chi connectivity index (χ4n) is 3.34. The van der Waals surface area contributed by atoms with Gasteiger partial charge in [-0.05, 0) is 53.8 Å². The number of phenolic OH excluding ortho intramolecular Hbond substituents is 2. The molecular formula is C25H32N4O7S. The fraction of sp³-hybridized carbons (Fsp3) is 0.360. The molecule has 2 rings (SSSR count). The molecule has 12 heteroatoms. The number of carbonyl (C=O) groups is 4. The molecule has 0 aromatic heterocycles. The Morgan fingerprint density at radius 3 is 1.84 bits per heavy atom. The van der Waals surface area contributed by atoms with Crippen LogP contribution in [-0.4, -0.2) is 75.7 Å². The van der Waals surface area contributed by atoms with Crippen LogP contribution < -0.4 is 21.7 Å². The predicted octanol–water partition coefficient (Wildman–Crippen LogP) is 0.134. The molecule has 0 spiro atoms. The molecule has 11 nitrogen and oxygen atoms in total. The first-order chi connectivity index (χ1) is 17.6. The maximum absolute atomic E-state index is 12.9. The Labute approximate surface area is 218 Å². The van der Waals surface area contributed by atoms with Gasteiger partial charge in [0.2, 0.25) is 17.7 Å². The highest BCUT2D eigenvalue weighted by Crippen LogP contribution is 2.13. The zero-order valence-corrected chi connectivity index (χ0v) is 21.2. The number of carboxylic acid groups (broad SMARTS) is 1. The van der Waals surface area contributed by atoms with Gasteiger partial charge in [-0.15, -0.1) is 0 Å². The molecule has 0 aliphatic rings. The topological polar surface area (TPSA) is 191 Å². The molecule has 0 aliphatic heterocycles. The van der Waals surface area contributed by atoms with Gasteiger partial charge in [0.05, 0.1) is 12.6 Å². The van der Waals surface area contributed by atoms with Gasteiger partial charge in [-0.3, -0.25) is 14.4 Å². The first kappa shape index (κ1) is 29.5. The Morgan fingerprint density at radius 2 is 1.35 bits per heavy atom. The maximum Gasteiger partial charge on any atom is 0.326 e. The largest absolute Gasteiger partial charge is 0.508 e. The molecule has 2 aromatic carbocycles. The highest BCUT2D eigenvalue weighted by molar-refractivity contribution is 7.98. The lowest BCUT2D eigenvalue weighted by atomic mass is 10.0. The molecule has 0 fully saturated rings. The number of aromatic hydroxyl groups is 2. The van der Waals surface area contributed by atoms with Crippen LogP contribution in [-0.2, 0) is 32.0 Å². The van der Waals surface area contributed by atoms with Crippen LogP contribution in [0.15, 0.2) is 48.5 Å². The van der Waals surface area contributed by atoms with Crippen LogP contribution in [0.4, 0.5) is 0 Å². The third-order valence-corrected chi connectivity index (χ3v) is 6.06. The van der Waals surface area contributed by atoms with E-state index >= 15 is 0 Å². The van der Waals surface area contributed by atoms with E-state index in [2.05, 4.69) is 16.0 Å². The summed E-state index contributed by atoms with van der Waals surface area (Å²) in [5.74, 6) is -2.42. The van der Waals surface area contributed by atoms with E-state index in [1.807, 2.05) is 6.26 Å². The molecule has 0 radical (unpaired) electrons. The van der Waals surface area contributed by atoms with E-state index in [-0.39, 0.29) is 24.3 Å². The molecule has 200 valence electrons. The average Bonchev–Trinajstić information content (AvgIpc) is 2.87.